The highest BCUT2D eigenvalue weighted by molar-refractivity contribution is 8.00. The first-order chi connectivity index (χ1) is 7.77. The van der Waals surface area contributed by atoms with Gasteiger partial charge in [0.1, 0.15) is 0 Å². The maximum Gasteiger partial charge on any atom is 0.184 e. The minimum atomic E-state index is 0.190. The number of Topliss-reactive ketones (excluding diaryl/α,β-unsaturated/α-hetero) is 1. The minimum absolute atomic E-state index is 0.190. The molecule has 0 spiro atoms. The summed E-state index contributed by atoms with van der Waals surface area (Å²) >= 11 is 9.20. The Morgan fingerprint density at radius 2 is 2.19 bits per heavy atom. The lowest BCUT2D eigenvalue weighted by Gasteiger charge is -2.20. The summed E-state index contributed by atoms with van der Waals surface area (Å²) in [5.41, 5.74) is 0. The second-order valence-electron chi connectivity index (χ2n) is 4.09. The highest BCUT2D eigenvalue weighted by atomic mass is 35.5. The molecule has 0 N–H and O–H groups in total. The van der Waals surface area contributed by atoms with E-state index in [-0.39, 0.29) is 5.78 Å². The summed E-state index contributed by atoms with van der Waals surface area (Å²) in [7, 11) is 0. The molecule has 0 amide bonds. The third-order valence-electron chi connectivity index (χ3n) is 2.87. The molecule has 16 heavy (non-hydrogen) atoms. The van der Waals surface area contributed by atoms with E-state index in [1.807, 2.05) is 17.1 Å². The van der Waals surface area contributed by atoms with Crippen molar-refractivity contribution < 1.29 is 4.79 Å². The number of hydrogen-bond acceptors (Lipinski definition) is 3. The smallest absolute Gasteiger partial charge is 0.184 e. The molecule has 0 aromatic carbocycles. The number of thiophene rings is 1. The van der Waals surface area contributed by atoms with Crippen LogP contribution in [-0.2, 0) is 0 Å². The van der Waals surface area contributed by atoms with Crippen LogP contribution in [0.4, 0.5) is 0 Å². The molecule has 1 aliphatic carbocycles. The molecule has 88 valence electrons. The zero-order valence-corrected chi connectivity index (χ0v) is 11.5. The molecule has 1 aromatic rings. The third kappa shape index (κ3) is 3.25. The number of carbonyl (C=O) groups excluding carboxylic acids is 1. The Bertz CT molecular complexity index is 356. The van der Waals surface area contributed by atoms with Gasteiger partial charge in [-0.05, 0) is 24.3 Å². The fraction of sp³-hybridized carbons (Fsp3) is 0.583. The SMILES string of the molecule is O=C(CSC1CCCCC1)c1sccc1Cl. The van der Waals surface area contributed by atoms with E-state index in [1.165, 1.54) is 43.4 Å². The van der Waals surface area contributed by atoms with Crippen LogP contribution < -0.4 is 0 Å². The summed E-state index contributed by atoms with van der Waals surface area (Å²) in [6.45, 7) is 0. The molecule has 1 heterocycles. The Morgan fingerprint density at radius 1 is 1.44 bits per heavy atom. The van der Waals surface area contributed by atoms with E-state index >= 15 is 0 Å². The Balaban J connectivity index is 1.81. The molecule has 0 unspecified atom stereocenters. The van der Waals surface area contributed by atoms with Crippen molar-refractivity contribution in [1.82, 2.24) is 0 Å². The van der Waals surface area contributed by atoms with Gasteiger partial charge in [0, 0.05) is 5.25 Å². The first-order valence-electron chi connectivity index (χ1n) is 5.65. The molecular formula is C12H15ClOS2. The number of ketones is 1. The van der Waals surface area contributed by atoms with Crippen molar-refractivity contribution in [3.8, 4) is 0 Å². The number of hydrogen-bond donors (Lipinski definition) is 0. The summed E-state index contributed by atoms with van der Waals surface area (Å²) in [5.74, 6) is 0.779. The largest absolute Gasteiger partial charge is 0.292 e. The molecule has 1 nitrogen and oxygen atoms in total. The van der Waals surface area contributed by atoms with E-state index in [0.717, 1.165) is 4.88 Å². The van der Waals surface area contributed by atoms with Crippen LogP contribution in [0.25, 0.3) is 0 Å². The normalized spacial score (nSPS) is 17.6. The van der Waals surface area contributed by atoms with Gasteiger partial charge in [0.15, 0.2) is 5.78 Å². The number of thioether (sulfide) groups is 1. The summed E-state index contributed by atoms with van der Waals surface area (Å²) in [6, 6.07) is 1.80. The van der Waals surface area contributed by atoms with Crippen LogP contribution in [-0.4, -0.2) is 16.8 Å². The average molecular weight is 275 g/mol. The summed E-state index contributed by atoms with van der Waals surface area (Å²) in [6.07, 6.45) is 6.56. The van der Waals surface area contributed by atoms with Gasteiger partial charge < -0.3 is 0 Å². The Labute approximate surface area is 110 Å². The van der Waals surface area contributed by atoms with Gasteiger partial charge in [0.2, 0.25) is 0 Å². The van der Waals surface area contributed by atoms with E-state index in [9.17, 15) is 4.79 Å². The average Bonchev–Trinajstić information content (AvgIpc) is 2.74. The fourth-order valence-corrected chi connectivity index (χ4v) is 4.37. The number of carbonyl (C=O) groups is 1. The maximum atomic E-state index is 11.9. The summed E-state index contributed by atoms with van der Waals surface area (Å²) < 4.78 is 0. The standard InChI is InChI=1S/C12H15ClOS2/c13-10-6-7-15-12(10)11(14)8-16-9-4-2-1-3-5-9/h6-7,9H,1-5,8H2. The van der Waals surface area contributed by atoms with Crippen LogP contribution in [0, 0.1) is 0 Å². The molecule has 0 saturated heterocycles. The van der Waals surface area contributed by atoms with Crippen LogP contribution in [0.5, 0.6) is 0 Å². The van der Waals surface area contributed by atoms with Crippen molar-refractivity contribution in [2.75, 3.05) is 5.75 Å². The number of rotatable bonds is 4. The third-order valence-corrected chi connectivity index (χ3v) is 5.63. The molecule has 1 aromatic heterocycles. The van der Waals surface area contributed by atoms with Gasteiger partial charge in [-0.2, -0.15) is 11.8 Å². The Morgan fingerprint density at radius 3 is 2.81 bits per heavy atom. The molecule has 4 heteroatoms. The van der Waals surface area contributed by atoms with Crippen molar-refractivity contribution in [3.05, 3.63) is 21.3 Å². The Hall–Kier alpha value is 0.01000. The van der Waals surface area contributed by atoms with Crippen molar-refractivity contribution in [2.45, 2.75) is 37.4 Å². The van der Waals surface area contributed by atoms with Gasteiger partial charge in [-0.3, -0.25) is 4.79 Å². The van der Waals surface area contributed by atoms with Crippen LogP contribution >= 0.6 is 34.7 Å². The molecule has 1 saturated carbocycles. The number of halogens is 1. The van der Waals surface area contributed by atoms with Crippen molar-refractivity contribution in [3.63, 3.8) is 0 Å². The molecule has 1 aliphatic rings. The van der Waals surface area contributed by atoms with E-state index in [2.05, 4.69) is 0 Å². The van der Waals surface area contributed by atoms with Gasteiger partial charge >= 0.3 is 0 Å². The molecular weight excluding hydrogens is 260 g/mol. The first kappa shape index (κ1) is 12.5. The van der Waals surface area contributed by atoms with Crippen molar-refractivity contribution >= 4 is 40.5 Å². The minimum Gasteiger partial charge on any atom is -0.292 e. The van der Waals surface area contributed by atoms with Crippen molar-refractivity contribution in [2.24, 2.45) is 0 Å². The van der Waals surface area contributed by atoms with Crippen LogP contribution in [0.15, 0.2) is 11.4 Å². The van der Waals surface area contributed by atoms with Crippen molar-refractivity contribution in [1.29, 1.82) is 0 Å². The van der Waals surface area contributed by atoms with Crippen LogP contribution in [0.1, 0.15) is 41.8 Å². The van der Waals surface area contributed by atoms with E-state index in [0.29, 0.717) is 16.0 Å². The van der Waals surface area contributed by atoms with Gasteiger partial charge in [-0.15, -0.1) is 11.3 Å². The van der Waals surface area contributed by atoms with Gasteiger partial charge in [-0.1, -0.05) is 30.9 Å². The molecule has 0 radical (unpaired) electrons. The van der Waals surface area contributed by atoms with Crippen LogP contribution in [0.3, 0.4) is 0 Å². The maximum absolute atomic E-state index is 11.9. The second kappa shape index (κ2) is 6.08. The summed E-state index contributed by atoms with van der Waals surface area (Å²) in [5, 5.41) is 3.18. The molecule has 1 fully saturated rings. The van der Waals surface area contributed by atoms with E-state index in [4.69, 9.17) is 11.6 Å². The predicted molar refractivity (Wildman–Crippen MR) is 73.0 cm³/mol. The lowest BCUT2D eigenvalue weighted by Crippen LogP contribution is -2.11. The van der Waals surface area contributed by atoms with Gasteiger partial charge in [0.25, 0.3) is 0 Å². The lowest BCUT2D eigenvalue weighted by molar-refractivity contribution is 0.102. The molecule has 0 bridgehead atoms. The lowest BCUT2D eigenvalue weighted by atomic mass is 10.0. The van der Waals surface area contributed by atoms with E-state index in [1.54, 1.807) is 6.07 Å². The Kier molecular flexibility index (Phi) is 4.74. The zero-order chi connectivity index (χ0) is 11.4. The zero-order valence-electron chi connectivity index (χ0n) is 9.08. The monoisotopic (exact) mass is 274 g/mol. The highest BCUT2D eigenvalue weighted by Gasteiger charge is 2.17. The quantitative estimate of drug-likeness (QED) is 0.744. The van der Waals surface area contributed by atoms with E-state index < -0.39 is 0 Å². The van der Waals surface area contributed by atoms with Crippen LogP contribution in [0.2, 0.25) is 5.02 Å². The fourth-order valence-electron chi connectivity index (χ4n) is 1.98. The highest BCUT2D eigenvalue weighted by Crippen LogP contribution is 2.30. The molecule has 2 rings (SSSR count). The van der Waals surface area contributed by atoms with Gasteiger partial charge in [-0.25, -0.2) is 0 Å². The molecule has 0 atom stereocenters. The molecule has 0 aliphatic heterocycles. The second-order valence-corrected chi connectivity index (χ2v) is 6.70. The predicted octanol–water partition coefficient (Wildman–Crippen LogP) is 4.65. The topological polar surface area (TPSA) is 17.1 Å². The summed E-state index contributed by atoms with van der Waals surface area (Å²) in [4.78, 5) is 12.6. The first-order valence-corrected chi connectivity index (χ1v) is 7.96. The van der Waals surface area contributed by atoms with Gasteiger partial charge in [0.05, 0.1) is 15.7 Å².